The van der Waals surface area contributed by atoms with Crippen LogP contribution >= 0.6 is 11.3 Å². The zero-order valence-electron chi connectivity index (χ0n) is 13.9. The van der Waals surface area contributed by atoms with Crippen molar-refractivity contribution in [3.63, 3.8) is 0 Å². The van der Waals surface area contributed by atoms with Gasteiger partial charge in [0.05, 0.1) is 11.3 Å². The topological polar surface area (TPSA) is 93.4 Å². The summed E-state index contributed by atoms with van der Waals surface area (Å²) in [6.45, 7) is 0.240. The van der Waals surface area contributed by atoms with Gasteiger partial charge in [-0.1, -0.05) is 0 Å². The van der Waals surface area contributed by atoms with Crippen LogP contribution in [0, 0.1) is 0 Å². The van der Waals surface area contributed by atoms with E-state index in [9.17, 15) is 27.3 Å². The van der Waals surface area contributed by atoms with Gasteiger partial charge in [0.2, 0.25) is 5.78 Å². The van der Waals surface area contributed by atoms with Crippen LogP contribution in [-0.2, 0) is 11.3 Å². The Hall–Kier alpha value is -2.28. The molecule has 1 saturated heterocycles. The smallest absolute Gasteiger partial charge is 0.374 e. The molecule has 28 heavy (non-hydrogen) atoms. The van der Waals surface area contributed by atoms with Crippen molar-refractivity contribution < 1.29 is 31.8 Å². The molecular formula is C16H12F3N3O4S2. The van der Waals surface area contributed by atoms with Crippen LogP contribution in [0.1, 0.15) is 16.8 Å². The van der Waals surface area contributed by atoms with E-state index >= 15 is 0 Å². The van der Waals surface area contributed by atoms with Gasteiger partial charge in [-0.05, 0) is 35.7 Å². The molecule has 12 heteroatoms. The zero-order valence-corrected chi connectivity index (χ0v) is 15.5. The molecule has 0 saturated carbocycles. The maximum Gasteiger partial charge on any atom is 0.498 e. The van der Waals surface area contributed by atoms with Gasteiger partial charge in [-0.2, -0.15) is 4.31 Å². The van der Waals surface area contributed by atoms with Crippen LogP contribution in [0.5, 0.6) is 0 Å². The highest BCUT2D eigenvalue weighted by atomic mass is 32.2. The van der Waals surface area contributed by atoms with E-state index in [0.29, 0.717) is 16.3 Å². The van der Waals surface area contributed by atoms with Crippen molar-refractivity contribution in [1.82, 2.24) is 0 Å². The van der Waals surface area contributed by atoms with E-state index in [1.165, 1.54) is 23.5 Å². The van der Waals surface area contributed by atoms with Crippen LogP contribution in [0.2, 0.25) is 0 Å². The van der Waals surface area contributed by atoms with Crippen LogP contribution in [0.15, 0.2) is 40.7 Å². The number of fused-ring (bicyclic) bond motifs is 2. The Morgan fingerprint density at radius 2 is 1.93 bits per heavy atom. The molecule has 0 spiro atoms. The predicted octanol–water partition coefficient (Wildman–Crippen LogP) is 3.08. The monoisotopic (exact) mass is 431 g/mol. The molecule has 2 unspecified atom stereocenters. The molecule has 0 radical (unpaired) electrons. The van der Waals surface area contributed by atoms with Gasteiger partial charge in [0.25, 0.3) is 11.3 Å². The van der Waals surface area contributed by atoms with E-state index in [-0.39, 0.29) is 18.8 Å². The number of carbonyl (C=O) groups excluding carboxylic acids is 1. The van der Waals surface area contributed by atoms with Gasteiger partial charge >= 0.3 is 6.30 Å². The third-order valence-corrected chi connectivity index (χ3v) is 6.11. The summed E-state index contributed by atoms with van der Waals surface area (Å²) in [5, 5.41) is 13.0. The van der Waals surface area contributed by atoms with Crippen molar-refractivity contribution >= 4 is 50.6 Å². The predicted molar refractivity (Wildman–Crippen MR) is 98.4 cm³/mol. The number of benzene rings is 1. The van der Waals surface area contributed by atoms with Crippen molar-refractivity contribution in [2.75, 3.05) is 15.7 Å². The fraction of sp³-hybridized carbons (Fsp3) is 0.250. The Bertz CT molecular complexity index is 1010. The fourth-order valence-corrected chi connectivity index (χ4v) is 4.55. The third kappa shape index (κ3) is 2.83. The van der Waals surface area contributed by atoms with Crippen molar-refractivity contribution in [2.24, 2.45) is 4.99 Å². The molecule has 2 atom stereocenters. The molecular weight excluding hydrogens is 419 g/mol. The van der Waals surface area contributed by atoms with E-state index in [0.717, 1.165) is 12.1 Å². The summed E-state index contributed by atoms with van der Waals surface area (Å²) in [7, 11) is 0. The number of thiophene rings is 1. The summed E-state index contributed by atoms with van der Waals surface area (Å²) in [5.74, 6) is -0.328. The summed E-state index contributed by atoms with van der Waals surface area (Å²) < 4.78 is 58.3. The molecule has 0 aliphatic carbocycles. The molecule has 2 aliphatic rings. The lowest BCUT2D eigenvalue weighted by atomic mass is 9.90. The minimum atomic E-state index is -5.04. The molecule has 2 aromatic rings. The highest BCUT2D eigenvalue weighted by Crippen LogP contribution is 2.42. The normalized spacial score (nSPS) is 22.5. The van der Waals surface area contributed by atoms with Crippen molar-refractivity contribution in [3.8, 4) is 0 Å². The first-order valence-corrected chi connectivity index (χ1v) is 9.86. The van der Waals surface area contributed by atoms with Crippen LogP contribution in [0.3, 0.4) is 0 Å². The number of hydrogen-bond acceptors (Lipinski definition) is 6. The zero-order chi connectivity index (χ0) is 20.3. The Kier molecular flexibility index (Phi) is 4.34. The van der Waals surface area contributed by atoms with Crippen molar-refractivity contribution in [1.29, 1.82) is 0 Å². The van der Waals surface area contributed by atoms with Gasteiger partial charge in [-0.3, -0.25) is 9.35 Å². The number of alkyl halides is 3. The fourth-order valence-electron chi connectivity index (χ4n) is 3.31. The molecule has 3 heterocycles. The first-order valence-electron chi connectivity index (χ1n) is 7.92. The summed E-state index contributed by atoms with van der Waals surface area (Å²) >= 11 is -2.04. The van der Waals surface area contributed by atoms with Gasteiger partial charge in [0, 0.05) is 18.7 Å². The standard InChI is InChI=1S/C16H12F3N3O4S2/c17-16(18,19)22(28(25)26)10-3-1-9(2-4-10)21-7-6-15(24)12(23)11-5-8-27-13(11)20-14(15)21/h1-5,8,24H,6-7H2,(H,25,26). The third-order valence-electron chi connectivity index (χ3n) is 4.58. The molecule has 2 aliphatic heterocycles. The van der Waals surface area contributed by atoms with Crippen LogP contribution < -0.4 is 9.21 Å². The summed E-state index contributed by atoms with van der Waals surface area (Å²) in [5.41, 5.74) is -1.55. The summed E-state index contributed by atoms with van der Waals surface area (Å²) in [6, 6.07) is 6.29. The van der Waals surface area contributed by atoms with E-state index in [4.69, 9.17) is 4.55 Å². The van der Waals surface area contributed by atoms with Crippen molar-refractivity contribution in [3.05, 3.63) is 41.3 Å². The van der Waals surface area contributed by atoms with E-state index in [1.54, 1.807) is 16.3 Å². The van der Waals surface area contributed by atoms with Crippen LogP contribution in [0.25, 0.3) is 0 Å². The molecule has 2 N–H and O–H groups in total. The average molecular weight is 431 g/mol. The van der Waals surface area contributed by atoms with Crippen LogP contribution in [-0.4, -0.2) is 43.9 Å². The van der Waals surface area contributed by atoms with E-state index < -0.39 is 38.9 Å². The number of nitrogens with zero attached hydrogens (tertiary/aromatic N) is 3. The molecule has 7 nitrogen and oxygen atoms in total. The van der Waals surface area contributed by atoms with E-state index in [2.05, 4.69) is 4.99 Å². The summed E-state index contributed by atoms with van der Waals surface area (Å²) in [6.07, 6.45) is -4.94. The largest absolute Gasteiger partial charge is 0.498 e. The molecule has 0 bridgehead atoms. The second-order valence-corrected chi connectivity index (χ2v) is 7.90. The minimum Gasteiger partial charge on any atom is -0.374 e. The number of ketones is 1. The maximum absolute atomic E-state index is 13.0. The number of aliphatic hydroxyl groups is 1. The number of anilines is 2. The number of Topliss-reactive ketones (excluding diaryl/α,β-unsaturated/α-hetero) is 1. The van der Waals surface area contributed by atoms with E-state index in [1.807, 2.05) is 0 Å². The average Bonchev–Trinajstić information content (AvgIpc) is 3.20. The molecule has 0 amide bonds. The Morgan fingerprint density at radius 3 is 2.54 bits per heavy atom. The lowest BCUT2D eigenvalue weighted by Gasteiger charge is -2.29. The number of carbonyl (C=O) groups is 1. The molecule has 1 aromatic heterocycles. The Balaban J connectivity index is 1.70. The molecule has 148 valence electrons. The van der Waals surface area contributed by atoms with Crippen molar-refractivity contribution in [2.45, 2.75) is 18.3 Å². The highest BCUT2D eigenvalue weighted by Gasteiger charge is 2.52. The SMILES string of the molecule is O=C1c2ccsc2N=C2N(c3ccc(N(S(=O)O)C(F)(F)F)cc3)CCC12O. The second-order valence-electron chi connectivity index (χ2n) is 6.18. The number of hydrogen-bond donors (Lipinski definition) is 2. The molecule has 1 aromatic carbocycles. The second kappa shape index (κ2) is 6.37. The maximum atomic E-state index is 13.0. The molecule has 4 rings (SSSR count). The summed E-state index contributed by atoms with van der Waals surface area (Å²) in [4.78, 5) is 18.6. The van der Waals surface area contributed by atoms with Gasteiger partial charge in [0.15, 0.2) is 11.4 Å². The van der Waals surface area contributed by atoms with Gasteiger partial charge < -0.3 is 10.0 Å². The number of rotatable bonds is 3. The van der Waals surface area contributed by atoms with Gasteiger partial charge in [-0.15, -0.1) is 24.5 Å². The lowest BCUT2D eigenvalue weighted by Crippen LogP contribution is -2.48. The number of halogens is 3. The number of amidine groups is 1. The Labute approximate surface area is 163 Å². The first kappa shape index (κ1) is 19.1. The first-order chi connectivity index (χ1) is 13.1. The Morgan fingerprint density at radius 1 is 1.25 bits per heavy atom. The molecule has 1 fully saturated rings. The minimum absolute atomic E-state index is 0.0943. The van der Waals surface area contributed by atoms with Crippen LogP contribution in [0.4, 0.5) is 29.5 Å². The number of aliphatic imine (C=N–C) groups is 1. The lowest BCUT2D eigenvalue weighted by molar-refractivity contribution is -0.115. The van der Waals surface area contributed by atoms with Gasteiger partial charge in [-0.25, -0.2) is 9.20 Å². The highest BCUT2D eigenvalue weighted by molar-refractivity contribution is 7.80. The quantitative estimate of drug-likeness (QED) is 0.576. The van der Waals surface area contributed by atoms with Gasteiger partial charge in [0.1, 0.15) is 5.00 Å².